The molecule has 0 heterocycles. The van der Waals surface area contributed by atoms with Gasteiger partial charge in [-0.2, -0.15) is 0 Å². The first-order chi connectivity index (χ1) is 7.10. The molecule has 3 nitrogen and oxygen atoms in total. The largest absolute Gasteiger partial charge is 0.504 e. The van der Waals surface area contributed by atoms with Gasteiger partial charge in [-0.3, -0.25) is 0 Å². The number of benzene rings is 1. The molecule has 0 aliphatic rings. The summed E-state index contributed by atoms with van der Waals surface area (Å²) in [5.41, 5.74) is 1.77. The summed E-state index contributed by atoms with van der Waals surface area (Å²) in [6.07, 6.45) is 1.26. The van der Waals surface area contributed by atoms with Crippen LogP contribution in [0.25, 0.3) is 0 Å². The Kier molecular flexibility index (Phi) is 3.72. The van der Waals surface area contributed by atoms with E-state index < -0.39 is 0 Å². The molecule has 0 saturated heterocycles. The van der Waals surface area contributed by atoms with Crippen LogP contribution in [0.2, 0.25) is 0 Å². The monoisotopic (exact) mass is 208 g/mol. The van der Waals surface area contributed by atoms with E-state index in [2.05, 4.69) is 0 Å². The minimum Gasteiger partial charge on any atom is -0.504 e. The highest BCUT2D eigenvalue weighted by Gasteiger charge is 2.14. The van der Waals surface area contributed by atoms with Gasteiger partial charge in [0.05, 0.1) is 7.11 Å². The van der Waals surface area contributed by atoms with Crippen LogP contribution in [0.1, 0.15) is 30.4 Å². The van der Waals surface area contributed by atoms with E-state index in [0.717, 1.165) is 17.4 Å². The van der Waals surface area contributed by atoms with Crippen LogP contribution in [0.4, 0.5) is 0 Å². The molecule has 0 spiro atoms. The lowest BCUT2D eigenvalue weighted by Gasteiger charge is -2.14. The molecule has 0 aliphatic heterocycles. The zero-order valence-corrected chi connectivity index (χ0v) is 9.28. The summed E-state index contributed by atoms with van der Waals surface area (Å²) < 4.78 is 5.06. The second kappa shape index (κ2) is 4.82. The summed E-state index contributed by atoms with van der Waals surface area (Å²) in [6.45, 7) is 3.83. The van der Waals surface area contributed by atoms with Gasteiger partial charge in [0.25, 0.3) is 0 Å². The van der Waals surface area contributed by atoms with Crippen LogP contribution in [0.5, 0.6) is 11.5 Å². The fourth-order valence-corrected chi connectivity index (χ4v) is 1.58. The maximum Gasteiger partial charge on any atom is 0.161 e. The van der Waals surface area contributed by atoms with Gasteiger partial charge in [-0.05, 0) is 24.5 Å². The number of carbonyl (C=O) groups is 1. The summed E-state index contributed by atoms with van der Waals surface area (Å²) in [4.78, 5) is 10.4. The smallest absolute Gasteiger partial charge is 0.161 e. The van der Waals surface area contributed by atoms with E-state index in [1.807, 2.05) is 19.9 Å². The van der Waals surface area contributed by atoms with Crippen LogP contribution < -0.4 is 4.74 Å². The Morgan fingerprint density at radius 3 is 2.73 bits per heavy atom. The van der Waals surface area contributed by atoms with Gasteiger partial charge in [-0.1, -0.05) is 13.0 Å². The van der Waals surface area contributed by atoms with E-state index in [9.17, 15) is 9.90 Å². The van der Waals surface area contributed by atoms with Crippen LogP contribution in [0, 0.1) is 6.92 Å². The number of methoxy groups -OCH3 is 1. The average Bonchev–Trinajstić information content (AvgIpc) is 2.21. The number of phenols is 1. The van der Waals surface area contributed by atoms with E-state index in [0.29, 0.717) is 12.2 Å². The van der Waals surface area contributed by atoms with E-state index >= 15 is 0 Å². The number of ether oxygens (including phenoxy) is 1. The summed E-state index contributed by atoms with van der Waals surface area (Å²) in [6, 6.07) is 3.65. The van der Waals surface area contributed by atoms with Gasteiger partial charge in [0.1, 0.15) is 6.29 Å². The zero-order valence-electron chi connectivity index (χ0n) is 9.28. The van der Waals surface area contributed by atoms with Crippen molar-refractivity contribution in [2.24, 2.45) is 0 Å². The van der Waals surface area contributed by atoms with Crippen LogP contribution in [0.3, 0.4) is 0 Å². The SMILES string of the molecule is COc1cc(C)cc(C(C)CC=O)c1O. The van der Waals surface area contributed by atoms with Crippen LogP contribution >= 0.6 is 0 Å². The minimum atomic E-state index is 0.0105. The average molecular weight is 208 g/mol. The third-order valence-corrected chi connectivity index (χ3v) is 2.45. The second-order valence-electron chi connectivity index (χ2n) is 3.71. The predicted molar refractivity (Wildman–Crippen MR) is 58.5 cm³/mol. The van der Waals surface area contributed by atoms with Crippen molar-refractivity contribution < 1.29 is 14.6 Å². The van der Waals surface area contributed by atoms with Gasteiger partial charge in [0.15, 0.2) is 11.5 Å². The highest BCUT2D eigenvalue weighted by molar-refractivity contribution is 5.55. The van der Waals surface area contributed by atoms with Gasteiger partial charge in [0, 0.05) is 12.0 Å². The molecule has 0 aliphatic carbocycles. The molecule has 0 fully saturated rings. The van der Waals surface area contributed by atoms with E-state index in [-0.39, 0.29) is 11.7 Å². The van der Waals surface area contributed by atoms with Crippen molar-refractivity contribution in [3.63, 3.8) is 0 Å². The molecule has 0 radical (unpaired) electrons. The first-order valence-corrected chi connectivity index (χ1v) is 4.91. The highest BCUT2D eigenvalue weighted by atomic mass is 16.5. The number of aromatic hydroxyl groups is 1. The Hall–Kier alpha value is -1.51. The van der Waals surface area contributed by atoms with Crippen molar-refractivity contribution in [2.75, 3.05) is 7.11 Å². The molecule has 0 bridgehead atoms. The Bertz CT molecular complexity index is 358. The normalized spacial score (nSPS) is 12.2. The summed E-state index contributed by atoms with van der Waals surface area (Å²) >= 11 is 0. The third kappa shape index (κ3) is 2.49. The molecule has 15 heavy (non-hydrogen) atoms. The van der Waals surface area contributed by atoms with Crippen LogP contribution in [-0.2, 0) is 4.79 Å². The topological polar surface area (TPSA) is 46.5 Å². The number of hydrogen-bond acceptors (Lipinski definition) is 3. The maximum atomic E-state index is 10.4. The number of rotatable bonds is 4. The van der Waals surface area contributed by atoms with Gasteiger partial charge in [0.2, 0.25) is 0 Å². The quantitative estimate of drug-likeness (QED) is 0.773. The highest BCUT2D eigenvalue weighted by Crippen LogP contribution is 2.36. The fourth-order valence-electron chi connectivity index (χ4n) is 1.58. The Morgan fingerprint density at radius 1 is 1.53 bits per heavy atom. The van der Waals surface area contributed by atoms with Crippen molar-refractivity contribution in [1.29, 1.82) is 0 Å². The van der Waals surface area contributed by atoms with Crippen molar-refractivity contribution in [3.05, 3.63) is 23.3 Å². The lowest BCUT2D eigenvalue weighted by molar-refractivity contribution is -0.108. The van der Waals surface area contributed by atoms with Crippen molar-refractivity contribution >= 4 is 6.29 Å². The summed E-state index contributed by atoms with van der Waals surface area (Å²) in [7, 11) is 1.52. The van der Waals surface area contributed by atoms with E-state index in [4.69, 9.17) is 4.74 Å². The van der Waals surface area contributed by atoms with Crippen LogP contribution in [-0.4, -0.2) is 18.5 Å². The number of aryl methyl sites for hydroxylation is 1. The number of hydrogen-bond donors (Lipinski definition) is 1. The molecule has 1 aromatic rings. The Balaban J connectivity index is 3.16. The van der Waals surface area contributed by atoms with Crippen molar-refractivity contribution in [2.45, 2.75) is 26.2 Å². The zero-order chi connectivity index (χ0) is 11.4. The molecule has 1 atom stereocenters. The fraction of sp³-hybridized carbons (Fsp3) is 0.417. The van der Waals surface area contributed by atoms with Gasteiger partial charge in [-0.15, -0.1) is 0 Å². The van der Waals surface area contributed by atoms with Crippen molar-refractivity contribution in [1.82, 2.24) is 0 Å². The third-order valence-electron chi connectivity index (χ3n) is 2.45. The molecule has 0 saturated carbocycles. The summed E-state index contributed by atoms with van der Waals surface area (Å²) in [5, 5.41) is 9.87. The van der Waals surface area contributed by atoms with E-state index in [1.54, 1.807) is 6.07 Å². The Labute approximate surface area is 89.7 Å². The van der Waals surface area contributed by atoms with Gasteiger partial charge >= 0.3 is 0 Å². The lowest BCUT2D eigenvalue weighted by atomic mass is 9.95. The second-order valence-corrected chi connectivity index (χ2v) is 3.71. The number of aldehydes is 1. The molecule has 1 unspecified atom stereocenters. The standard InChI is InChI=1S/C12H16O3/c1-8-6-10(9(2)4-5-13)12(14)11(7-8)15-3/h5-7,9,14H,4H2,1-3H3. The van der Waals surface area contributed by atoms with Gasteiger partial charge < -0.3 is 14.6 Å². The molecule has 1 N–H and O–H groups in total. The molecule has 1 aromatic carbocycles. The first-order valence-electron chi connectivity index (χ1n) is 4.91. The number of carbonyl (C=O) groups excluding carboxylic acids is 1. The number of phenolic OH excluding ortho intramolecular Hbond substituents is 1. The molecule has 82 valence electrons. The molecule has 1 rings (SSSR count). The van der Waals surface area contributed by atoms with Crippen LogP contribution in [0.15, 0.2) is 12.1 Å². The maximum absolute atomic E-state index is 10.4. The van der Waals surface area contributed by atoms with E-state index in [1.165, 1.54) is 7.11 Å². The molecule has 0 aromatic heterocycles. The minimum absolute atomic E-state index is 0.0105. The first kappa shape index (κ1) is 11.6. The van der Waals surface area contributed by atoms with Gasteiger partial charge in [-0.25, -0.2) is 0 Å². The lowest BCUT2D eigenvalue weighted by Crippen LogP contribution is -1.97. The summed E-state index contributed by atoms with van der Waals surface area (Å²) in [5.74, 6) is 0.608. The molecular weight excluding hydrogens is 192 g/mol. The molecule has 0 amide bonds. The molecule has 3 heteroatoms. The Morgan fingerprint density at radius 2 is 2.20 bits per heavy atom. The van der Waals surface area contributed by atoms with Crippen molar-refractivity contribution in [3.8, 4) is 11.5 Å². The molecular formula is C12H16O3. The predicted octanol–water partition coefficient (Wildman–Crippen LogP) is 2.40.